The largest absolute Gasteiger partial charge is 0.497 e. The molecule has 0 amide bonds. The minimum absolute atomic E-state index is 0.694. The third-order valence-electron chi connectivity index (χ3n) is 14.2. The maximum absolute atomic E-state index is 5.24. The Bertz CT molecular complexity index is 4950. The SMILES string of the molecule is Brc1ccc2ccccc2n1.Brc1ccc2ncccc2c1.Brc1cccc2ncccc12.Brc1ccnc2ccccc12.Brc1cnc2ccccc2c1.COc1cc2cc(Br)cnc2cc1OC.COc1cc2ccc(Br)cc2cc1OC.COc1ccc2ncc(Br)cc2c1. The van der Waals surface area contributed by atoms with Gasteiger partial charge in [0, 0.05) is 112 Å². The summed E-state index contributed by atoms with van der Waals surface area (Å²) in [5.41, 5.74) is 7.02. The number of hydrogen-bond donors (Lipinski definition) is 0. The molecule has 0 radical (unpaired) electrons. The molecule has 0 fully saturated rings. The predicted molar refractivity (Wildman–Crippen MR) is 431 cm³/mol. The number of pyridine rings is 7. The molecular weight excluding hydrogens is 1750 g/mol. The second-order valence-electron chi connectivity index (χ2n) is 20.6. The third-order valence-corrected chi connectivity index (χ3v) is 18.3. The number of aromatic nitrogens is 7. The van der Waals surface area contributed by atoms with Gasteiger partial charge in [0.1, 0.15) is 10.4 Å². The molecule has 16 rings (SSSR count). The Morgan fingerprint density at radius 1 is 0.245 bits per heavy atom. The van der Waals surface area contributed by atoms with Crippen molar-refractivity contribution in [2.45, 2.75) is 0 Å². The lowest BCUT2D eigenvalue weighted by molar-refractivity contribution is 0.356. The zero-order chi connectivity index (χ0) is 69.3. The summed E-state index contributed by atoms with van der Waals surface area (Å²) in [6, 6.07) is 75.8. The normalized spacial score (nSPS) is 10.3. The van der Waals surface area contributed by atoms with Crippen molar-refractivity contribution in [3.8, 4) is 28.7 Å². The Labute approximate surface area is 634 Å². The molecule has 0 atom stereocenters. The topological polar surface area (TPSA) is 136 Å². The summed E-state index contributed by atoms with van der Waals surface area (Å²) < 4.78 is 34.2. The predicted octanol–water partition coefficient (Wildman–Crippen LogP) is 24.6. The minimum atomic E-state index is 0.694. The number of para-hydroxylation sites is 3. The highest BCUT2D eigenvalue weighted by Gasteiger charge is 2.08. The molecule has 0 saturated heterocycles. The average Bonchev–Trinajstić information content (AvgIpc) is 0.848. The van der Waals surface area contributed by atoms with Gasteiger partial charge in [-0.3, -0.25) is 29.9 Å². The van der Waals surface area contributed by atoms with Crippen molar-refractivity contribution in [3.05, 3.63) is 304 Å². The maximum Gasteiger partial charge on any atom is 0.162 e. The summed E-state index contributed by atoms with van der Waals surface area (Å²) >= 11 is 27.2. The van der Waals surface area contributed by atoms with E-state index in [1.54, 1.807) is 66.5 Å². The van der Waals surface area contributed by atoms with Gasteiger partial charge in [-0.1, -0.05) is 149 Å². The van der Waals surface area contributed by atoms with E-state index in [4.69, 9.17) is 23.7 Å². The summed E-state index contributed by atoms with van der Waals surface area (Å²) in [5.74, 6) is 3.77. The molecule has 9 aromatic carbocycles. The monoisotopic (exact) mass is 1800 g/mol. The fraction of sp³-hybridized carbons (Fsp3) is 0.0641. The van der Waals surface area contributed by atoms with Crippen LogP contribution in [-0.4, -0.2) is 70.4 Å². The summed E-state index contributed by atoms with van der Waals surface area (Å²) in [6.45, 7) is 0. The standard InChI is InChI=1S/C12H11BrO2.C11H10BrNO2.C10H8BrNO.5C9H6BrN/c1-14-11-6-8-3-4-10(13)5-9(8)7-12(11)15-2;1-14-10-4-7-3-8(12)6-13-9(7)5-11(10)15-2;1-13-9-2-3-10-7(5-9)4-8(11)6-12-10;10-8-4-1-5-9-7(8)3-2-6-11-9;10-8-3-4-9-7(6-8)2-1-5-11-9;10-8-5-7-3-1-2-4-9(7)11-6-8;10-8-5-6-11-9-4-2-1-3-7(8)9;10-9-6-5-7-3-1-2-4-8(7)11-9/h3-7H,1-2H3;3-6H,1-2H3;2-6H,1H3;5*1-6H. The summed E-state index contributed by atoms with van der Waals surface area (Å²) in [6.07, 6.45) is 10.8. The second-order valence-corrected chi connectivity index (χ2v) is 27.7. The lowest BCUT2D eigenvalue weighted by atomic mass is 10.1. The van der Waals surface area contributed by atoms with Gasteiger partial charge in [0.05, 0.1) is 74.2 Å². The Morgan fingerprint density at radius 2 is 0.663 bits per heavy atom. The van der Waals surface area contributed by atoms with Crippen LogP contribution in [0, 0.1) is 0 Å². The van der Waals surface area contributed by atoms with Crippen LogP contribution in [0.25, 0.3) is 87.1 Å². The lowest BCUT2D eigenvalue weighted by Gasteiger charge is -2.09. The zero-order valence-electron chi connectivity index (χ0n) is 53.1. The summed E-state index contributed by atoms with van der Waals surface area (Å²) in [5, 5.41) is 10.2. The van der Waals surface area contributed by atoms with Crippen LogP contribution < -0.4 is 23.7 Å². The van der Waals surface area contributed by atoms with Crippen LogP contribution in [0.1, 0.15) is 0 Å². The van der Waals surface area contributed by atoms with Crippen molar-refractivity contribution in [2.24, 2.45) is 0 Å². The number of fused-ring (bicyclic) bond motifs is 8. The van der Waals surface area contributed by atoms with E-state index in [1.165, 1.54) is 16.2 Å². The van der Waals surface area contributed by atoms with Crippen molar-refractivity contribution >= 4 is 215 Å². The van der Waals surface area contributed by atoms with E-state index in [0.717, 1.165) is 124 Å². The van der Waals surface area contributed by atoms with Gasteiger partial charge in [0.25, 0.3) is 0 Å². The minimum Gasteiger partial charge on any atom is -0.497 e. The molecule has 7 aromatic heterocycles. The van der Waals surface area contributed by atoms with E-state index in [2.05, 4.69) is 187 Å². The van der Waals surface area contributed by atoms with Crippen LogP contribution >= 0.6 is 127 Å². The van der Waals surface area contributed by atoms with E-state index in [1.807, 2.05) is 212 Å². The van der Waals surface area contributed by atoms with Crippen LogP contribution in [0.5, 0.6) is 28.7 Å². The van der Waals surface area contributed by atoms with Crippen molar-refractivity contribution in [2.75, 3.05) is 35.5 Å². The molecule has 16 aromatic rings. The molecule has 98 heavy (non-hydrogen) atoms. The summed E-state index contributed by atoms with van der Waals surface area (Å²) in [7, 11) is 8.18. The zero-order valence-corrected chi connectivity index (χ0v) is 65.8. The van der Waals surface area contributed by atoms with E-state index < -0.39 is 0 Å². The van der Waals surface area contributed by atoms with Crippen LogP contribution in [-0.2, 0) is 0 Å². The van der Waals surface area contributed by atoms with Crippen LogP contribution in [0.4, 0.5) is 0 Å². The van der Waals surface area contributed by atoms with Gasteiger partial charge in [-0.25, -0.2) is 4.98 Å². The van der Waals surface area contributed by atoms with Crippen molar-refractivity contribution < 1.29 is 23.7 Å². The molecule has 0 saturated carbocycles. The van der Waals surface area contributed by atoms with Gasteiger partial charge < -0.3 is 23.7 Å². The highest BCUT2D eigenvalue weighted by atomic mass is 79.9. The number of benzene rings is 9. The van der Waals surface area contributed by atoms with Crippen LogP contribution in [0.15, 0.2) is 304 Å². The molecule has 492 valence electrons. The Hall–Kier alpha value is -8.05. The first-order chi connectivity index (χ1) is 47.6. The third kappa shape index (κ3) is 21.5. The molecule has 0 bridgehead atoms. The Morgan fingerprint density at radius 3 is 1.31 bits per heavy atom. The Kier molecular flexibility index (Phi) is 28.6. The first-order valence-corrected chi connectivity index (χ1v) is 36.0. The molecule has 12 nitrogen and oxygen atoms in total. The van der Waals surface area contributed by atoms with Gasteiger partial charge in [-0.05, 0) is 214 Å². The van der Waals surface area contributed by atoms with Crippen molar-refractivity contribution in [1.82, 2.24) is 34.9 Å². The number of rotatable bonds is 5. The number of methoxy groups -OCH3 is 5. The molecule has 0 aliphatic heterocycles. The quantitative estimate of drug-likeness (QED) is 0.152. The van der Waals surface area contributed by atoms with Gasteiger partial charge in [0.2, 0.25) is 0 Å². The molecule has 0 aliphatic carbocycles. The molecule has 0 N–H and O–H groups in total. The molecular formula is C78H59Br8N7O5. The fourth-order valence-corrected chi connectivity index (χ4v) is 12.5. The highest BCUT2D eigenvalue weighted by molar-refractivity contribution is 9.11. The molecule has 0 aliphatic rings. The number of hydrogen-bond acceptors (Lipinski definition) is 12. The highest BCUT2D eigenvalue weighted by Crippen LogP contribution is 2.35. The van der Waals surface area contributed by atoms with E-state index >= 15 is 0 Å². The second kappa shape index (κ2) is 37.8. The van der Waals surface area contributed by atoms with Gasteiger partial charge >= 0.3 is 0 Å². The average molecular weight is 1810 g/mol. The molecule has 0 unspecified atom stereocenters. The number of ether oxygens (including phenoxy) is 5. The van der Waals surface area contributed by atoms with Crippen molar-refractivity contribution in [3.63, 3.8) is 0 Å². The van der Waals surface area contributed by atoms with Gasteiger partial charge in [-0.2, -0.15) is 0 Å². The van der Waals surface area contributed by atoms with E-state index in [9.17, 15) is 0 Å². The van der Waals surface area contributed by atoms with Gasteiger partial charge in [0.15, 0.2) is 23.0 Å². The maximum atomic E-state index is 5.24. The molecule has 20 heteroatoms. The van der Waals surface area contributed by atoms with Gasteiger partial charge in [-0.15, -0.1) is 0 Å². The smallest absolute Gasteiger partial charge is 0.162 e. The van der Waals surface area contributed by atoms with Crippen LogP contribution in [0.2, 0.25) is 0 Å². The van der Waals surface area contributed by atoms with E-state index in [-0.39, 0.29) is 0 Å². The van der Waals surface area contributed by atoms with Crippen LogP contribution in [0.3, 0.4) is 0 Å². The first-order valence-electron chi connectivity index (χ1n) is 29.7. The molecule has 0 spiro atoms. The van der Waals surface area contributed by atoms with E-state index in [0.29, 0.717) is 11.5 Å². The number of halogens is 8. The first kappa shape index (κ1) is 74.2. The lowest BCUT2D eigenvalue weighted by Crippen LogP contribution is -1.91. The number of nitrogens with zero attached hydrogens (tertiary/aromatic N) is 7. The molecule has 7 heterocycles. The fourth-order valence-electron chi connectivity index (χ4n) is 9.44. The van der Waals surface area contributed by atoms with Crippen molar-refractivity contribution in [1.29, 1.82) is 0 Å². The Balaban J connectivity index is 0.000000131. The summed E-state index contributed by atoms with van der Waals surface area (Å²) in [4.78, 5) is 29.7.